The number of nitrogens with one attached hydrogen (secondary N) is 1. The van der Waals surface area contributed by atoms with Crippen molar-refractivity contribution >= 4 is 23.4 Å². The van der Waals surface area contributed by atoms with Crippen LogP contribution in [0, 0.1) is 5.92 Å². The largest absolute Gasteiger partial charge is 0.491 e. The van der Waals surface area contributed by atoms with Gasteiger partial charge in [0.25, 0.3) is 5.91 Å². The number of hydrogen-bond acceptors (Lipinski definition) is 5. The molecule has 2 rings (SSSR count). The van der Waals surface area contributed by atoms with Crippen LogP contribution in [-0.4, -0.2) is 73.5 Å². The summed E-state index contributed by atoms with van der Waals surface area (Å²) in [6.45, 7) is 8.71. The van der Waals surface area contributed by atoms with E-state index in [4.69, 9.17) is 9.47 Å². The molecule has 1 aliphatic heterocycles. The minimum atomic E-state index is -0.236. The smallest absolute Gasteiger partial charge is 0.257 e. The van der Waals surface area contributed by atoms with Crippen LogP contribution in [0.3, 0.4) is 0 Å². The second-order valence-corrected chi connectivity index (χ2v) is 8.11. The zero-order chi connectivity index (χ0) is 23.1. The Morgan fingerprint density at radius 3 is 2.52 bits per heavy atom. The summed E-state index contributed by atoms with van der Waals surface area (Å²) in [5, 5.41) is 2.79. The number of nitrogens with zero attached hydrogens (tertiary/aromatic N) is 2. The molecule has 0 unspecified atom stereocenters. The van der Waals surface area contributed by atoms with Crippen LogP contribution in [0.1, 0.15) is 50.9 Å². The molecule has 0 radical (unpaired) electrons. The number of methoxy groups -OCH3 is 1. The third-order valence-corrected chi connectivity index (χ3v) is 5.67. The maximum atomic E-state index is 13.2. The number of rotatable bonds is 4. The summed E-state index contributed by atoms with van der Waals surface area (Å²) >= 11 is 0. The Morgan fingerprint density at radius 2 is 1.90 bits per heavy atom. The molecule has 0 bridgehead atoms. The van der Waals surface area contributed by atoms with Crippen molar-refractivity contribution in [3.63, 3.8) is 0 Å². The highest BCUT2D eigenvalue weighted by molar-refractivity contribution is 5.99. The molecule has 1 heterocycles. The number of benzene rings is 1. The zero-order valence-corrected chi connectivity index (χ0v) is 19.4. The molecule has 3 atom stereocenters. The lowest BCUT2D eigenvalue weighted by molar-refractivity contribution is -0.135. The fourth-order valence-electron chi connectivity index (χ4n) is 3.65. The van der Waals surface area contributed by atoms with Crippen LogP contribution in [0.25, 0.3) is 0 Å². The van der Waals surface area contributed by atoms with Crippen LogP contribution in [-0.2, 0) is 14.3 Å². The van der Waals surface area contributed by atoms with Gasteiger partial charge in [0, 0.05) is 51.7 Å². The molecule has 8 nitrogen and oxygen atoms in total. The lowest BCUT2D eigenvalue weighted by Gasteiger charge is -2.36. The molecule has 3 amide bonds. The highest BCUT2D eigenvalue weighted by Crippen LogP contribution is 2.26. The maximum Gasteiger partial charge on any atom is 0.257 e. The summed E-state index contributed by atoms with van der Waals surface area (Å²) in [5.74, 6) is 0.145. The monoisotopic (exact) mass is 433 g/mol. The van der Waals surface area contributed by atoms with E-state index < -0.39 is 0 Å². The van der Waals surface area contributed by atoms with Gasteiger partial charge in [-0.15, -0.1) is 0 Å². The fourth-order valence-corrected chi connectivity index (χ4v) is 3.65. The standard InChI is InChI=1S/C23H35N3O5/c1-7-21(27)24-17-9-10-19-18(11-17)23(29)25(5)13-20(30-6)15(3)12-26(22(28)8-2)16(4)14-31-19/h9-11,15-16,20H,7-8,12-14H2,1-6H3,(H,24,27)/t15-,16+,20-/m0/s1. The zero-order valence-electron chi connectivity index (χ0n) is 19.4. The van der Waals surface area contributed by atoms with Crippen LogP contribution in [0.4, 0.5) is 5.69 Å². The minimum absolute atomic E-state index is 0.0206. The Bertz CT molecular complexity index is 797. The number of likely N-dealkylation sites (N-methyl/N-ethyl adjacent to an activating group) is 1. The van der Waals surface area contributed by atoms with E-state index in [2.05, 4.69) is 5.32 Å². The summed E-state index contributed by atoms with van der Waals surface area (Å²) < 4.78 is 11.7. The molecule has 31 heavy (non-hydrogen) atoms. The molecule has 172 valence electrons. The second-order valence-electron chi connectivity index (χ2n) is 8.11. The van der Waals surface area contributed by atoms with Gasteiger partial charge in [-0.25, -0.2) is 0 Å². The molecule has 8 heteroatoms. The summed E-state index contributed by atoms with van der Waals surface area (Å²) in [4.78, 5) is 41.1. The van der Waals surface area contributed by atoms with Crippen LogP contribution >= 0.6 is 0 Å². The first-order valence-electron chi connectivity index (χ1n) is 10.9. The molecule has 1 aliphatic rings. The van der Waals surface area contributed by atoms with E-state index in [1.165, 1.54) is 0 Å². The molecule has 1 aromatic rings. The predicted octanol–water partition coefficient (Wildman–Crippen LogP) is 2.78. The average molecular weight is 434 g/mol. The highest BCUT2D eigenvalue weighted by Gasteiger charge is 2.29. The van der Waals surface area contributed by atoms with E-state index in [1.54, 1.807) is 44.2 Å². The van der Waals surface area contributed by atoms with Gasteiger partial charge in [-0.1, -0.05) is 20.8 Å². The van der Waals surface area contributed by atoms with E-state index in [1.807, 2.05) is 25.7 Å². The summed E-state index contributed by atoms with van der Waals surface area (Å²) in [6.07, 6.45) is 0.512. The molecular formula is C23H35N3O5. The normalized spacial score (nSPS) is 22.6. The van der Waals surface area contributed by atoms with Gasteiger partial charge in [0.1, 0.15) is 12.4 Å². The van der Waals surface area contributed by atoms with E-state index in [0.29, 0.717) is 42.9 Å². The van der Waals surface area contributed by atoms with Crippen molar-refractivity contribution in [2.24, 2.45) is 5.92 Å². The van der Waals surface area contributed by atoms with Crippen molar-refractivity contribution < 1.29 is 23.9 Å². The highest BCUT2D eigenvalue weighted by atomic mass is 16.5. The predicted molar refractivity (Wildman–Crippen MR) is 119 cm³/mol. The third-order valence-electron chi connectivity index (χ3n) is 5.67. The van der Waals surface area contributed by atoms with Gasteiger partial charge in [0.05, 0.1) is 17.7 Å². The van der Waals surface area contributed by atoms with Gasteiger partial charge < -0.3 is 24.6 Å². The Morgan fingerprint density at radius 1 is 1.19 bits per heavy atom. The van der Waals surface area contributed by atoms with Crippen molar-refractivity contribution in [2.75, 3.05) is 39.2 Å². The molecule has 0 saturated heterocycles. The average Bonchev–Trinajstić information content (AvgIpc) is 2.77. The Hall–Kier alpha value is -2.61. The van der Waals surface area contributed by atoms with E-state index in [9.17, 15) is 14.4 Å². The Labute approximate surface area is 184 Å². The van der Waals surface area contributed by atoms with Gasteiger partial charge in [0.2, 0.25) is 11.8 Å². The topological polar surface area (TPSA) is 88.2 Å². The van der Waals surface area contributed by atoms with Crippen molar-refractivity contribution in [3.05, 3.63) is 23.8 Å². The molecule has 1 aromatic carbocycles. The van der Waals surface area contributed by atoms with E-state index in [-0.39, 0.29) is 42.4 Å². The van der Waals surface area contributed by atoms with Gasteiger partial charge in [0.15, 0.2) is 0 Å². The second kappa shape index (κ2) is 11.1. The summed E-state index contributed by atoms with van der Waals surface area (Å²) in [6, 6.07) is 4.86. The van der Waals surface area contributed by atoms with E-state index >= 15 is 0 Å². The van der Waals surface area contributed by atoms with Gasteiger partial charge in [-0.2, -0.15) is 0 Å². The number of amides is 3. The molecule has 0 aromatic heterocycles. The third kappa shape index (κ3) is 6.19. The summed E-state index contributed by atoms with van der Waals surface area (Å²) in [7, 11) is 3.34. The Kier molecular flexibility index (Phi) is 8.86. The van der Waals surface area contributed by atoms with Crippen molar-refractivity contribution in [1.82, 2.24) is 9.80 Å². The van der Waals surface area contributed by atoms with Crippen molar-refractivity contribution in [2.45, 2.75) is 52.7 Å². The van der Waals surface area contributed by atoms with Crippen molar-refractivity contribution in [3.8, 4) is 5.75 Å². The lowest BCUT2D eigenvalue weighted by atomic mass is 10.0. The molecular weight excluding hydrogens is 398 g/mol. The number of fused-ring (bicyclic) bond motifs is 1. The molecule has 0 fully saturated rings. The van der Waals surface area contributed by atoms with Gasteiger partial charge >= 0.3 is 0 Å². The van der Waals surface area contributed by atoms with Crippen LogP contribution < -0.4 is 10.1 Å². The first kappa shape index (κ1) is 24.7. The van der Waals surface area contributed by atoms with Gasteiger partial charge in [-0.05, 0) is 25.1 Å². The van der Waals surface area contributed by atoms with E-state index in [0.717, 1.165) is 0 Å². The molecule has 0 saturated carbocycles. The number of hydrogen-bond donors (Lipinski definition) is 1. The molecule has 0 aliphatic carbocycles. The minimum Gasteiger partial charge on any atom is -0.491 e. The maximum absolute atomic E-state index is 13.2. The van der Waals surface area contributed by atoms with Crippen LogP contribution in [0.2, 0.25) is 0 Å². The number of anilines is 1. The van der Waals surface area contributed by atoms with Crippen molar-refractivity contribution in [1.29, 1.82) is 0 Å². The van der Waals surface area contributed by atoms with Crippen LogP contribution in [0.5, 0.6) is 5.75 Å². The number of carbonyl (C=O) groups is 3. The number of ether oxygens (including phenoxy) is 2. The van der Waals surface area contributed by atoms with Crippen LogP contribution in [0.15, 0.2) is 18.2 Å². The Balaban J connectivity index is 2.45. The van der Waals surface area contributed by atoms with Gasteiger partial charge in [-0.3, -0.25) is 14.4 Å². The lowest BCUT2D eigenvalue weighted by Crippen LogP contribution is -2.48. The summed E-state index contributed by atoms with van der Waals surface area (Å²) in [5.41, 5.74) is 0.899. The molecule has 0 spiro atoms. The molecule has 1 N–H and O–H groups in total. The first-order chi connectivity index (χ1) is 14.7. The SMILES string of the molecule is CCC(=O)Nc1ccc2c(c1)C(=O)N(C)C[C@H](OC)[C@@H](C)CN(C(=O)CC)[C@H](C)CO2. The fraction of sp³-hybridized carbons (Fsp3) is 0.609. The number of carbonyl (C=O) groups excluding carboxylic acids is 3. The first-order valence-corrected chi connectivity index (χ1v) is 10.9. The quantitative estimate of drug-likeness (QED) is 0.789.